The molecule has 0 atom stereocenters. The van der Waals surface area contributed by atoms with Crippen molar-refractivity contribution in [1.29, 1.82) is 0 Å². The van der Waals surface area contributed by atoms with Gasteiger partial charge in [0.05, 0.1) is 12.9 Å². The van der Waals surface area contributed by atoms with E-state index in [9.17, 15) is 4.79 Å². The zero-order valence-electron chi connectivity index (χ0n) is 17.3. The summed E-state index contributed by atoms with van der Waals surface area (Å²) in [4.78, 5) is 12.5. The molecule has 8 heteroatoms. The zero-order valence-corrected chi connectivity index (χ0v) is 18.9. The van der Waals surface area contributed by atoms with Gasteiger partial charge >= 0.3 is 0 Å². The number of carbonyl (C=O) groups excluding carboxylic acids is 1. The van der Waals surface area contributed by atoms with Gasteiger partial charge in [-0.25, -0.2) is 0 Å². The largest absolute Gasteiger partial charge is 0.497 e. The van der Waals surface area contributed by atoms with E-state index in [0.29, 0.717) is 5.02 Å². The van der Waals surface area contributed by atoms with E-state index in [2.05, 4.69) is 27.0 Å². The number of halogens is 1. The third-order valence-corrected chi connectivity index (χ3v) is 6.05. The Morgan fingerprint density at radius 2 is 1.97 bits per heavy atom. The van der Waals surface area contributed by atoms with E-state index in [0.717, 1.165) is 52.9 Å². The Bertz CT molecular complexity index is 1000. The van der Waals surface area contributed by atoms with Crippen LogP contribution in [0.1, 0.15) is 25.3 Å². The summed E-state index contributed by atoms with van der Waals surface area (Å²) in [5.41, 5.74) is 2.54. The van der Waals surface area contributed by atoms with Crippen molar-refractivity contribution in [3.8, 4) is 17.1 Å². The lowest BCUT2D eigenvalue weighted by Crippen LogP contribution is -2.15. The van der Waals surface area contributed by atoms with Crippen LogP contribution in [-0.4, -0.2) is 33.5 Å². The number of nitrogens with zero attached hydrogens (tertiary/aromatic N) is 3. The lowest BCUT2D eigenvalue weighted by atomic mass is 10.2. The number of aromatic nitrogens is 3. The highest BCUT2D eigenvalue weighted by Crippen LogP contribution is 2.27. The van der Waals surface area contributed by atoms with E-state index in [4.69, 9.17) is 16.3 Å². The second kappa shape index (κ2) is 10.5. The van der Waals surface area contributed by atoms with Gasteiger partial charge in [0.2, 0.25) is 5.91 Å². The van der Waals surface area contributed by atoms with Crippen molar-refractivity contribution in [3.05, 3.63) is 53.1 Å². The maximum absolute atomic E-state index is 12.5. The Morgan fingerprint density at radius 3 is 2.67 bits per heavy atom. The molecule has 3 aromatic rings. The molecule has 0 bridgehead atoms. The highest BCUT2D eigenvalue weighted by molar-refractivity contribution is 7.99. The smallest absolute Gasteiger partial charge is 0.234 e. The fourth-order valence-corrected chi connectivity index (χ4v) is 3.87. The van der Waals surface area contributed by atoms with Gasteiger partial charge in [-0.15, -0.1) is 10.2 Å². The molecule has 0 saturated heterocycles. The molecule has 1 aromatic heterocycles. The number of hydrogen-bond acceptors (Lipinski definition) is 5. The minimum atomic E-state index is -0.110. The molecular weight excluding hydrogens is 420 g/mol. The molecule has 0 aliphatic rings. The van der Waals surface area contributed by atoms with Crippen LogP contribution in [0.5, 0.6) is 5.75 Å². The van der Waals surface area contributed by atoms with Gasteiger partial charge in [-0.3, -0.25) is 4.79 Å². The second-order valence-electron chi connectivity index (χ2n) is 6.79. The highest BCUT2D eigenvalue weighted by atomic mass is 35.5. The van der Waals surface area contributed by atoms with Crippen LogP contribution in [0.15, 0.2) is 47.6 Å². The number of ether oxygens (including phenoxy) is 1. The van der Waals surface area contributed by atoms with Crippen LogP contribution in [0.4, 0.5) is 5.69 Å². The molecule has 30 heavy (non-hydrogen) atoms. The van der Waals surface area contributed by atoms with Crippen molar-refractivity contribution in [2.75, 3.05) is 18.2 Å². The van der Waals surface area contributed by atoms with Gasteiger partial charge in [0.25, 0.3) is 0 Å². The minimum Gasteiger partial charge on any atom is -0.497 e. The average Bonchev–Trinajstić information content (AvgIpc) is 3.16. The highest BCUT2D eigenvalue weighted by Gasteiger charge is 2.16. The third kappa shape index (κ3) is 5.34. The zero-order chi connectivity index (χ0) is 21.5. The summed E-state index contributed by atoms with van der Waals surface area (Å²) >= 11 is 7.51. The molecule has 1 heterocycles. The SMILES string of the molecule is CCCCn1c(SCC(=O)Nc2cccc(Cl)c2C)nnc1-c1ccc(OC)cc1. The van der Waals surface area contributed by atoms with Gasteiger partial charge in [-0.1, -0.05) is 42.8 Å². The molecule has 2 aromatic carbocycles. The molecule has 0 aliphatic heterocycles. The summed E-state index contributed by atoms with van der Waals surface area (Å²) < 4.78 is 7.31. The Kier molecular flexibility index (Phi) is 7.76. The molecule has 0 radical (unpaired) electrons. The number of hydrogen-bond donors (Lipinski definition) is 1. The van der Waals surface area contributed by atoms with Crippen LogP contribution >= 0.6 is 23.4 Å². The van der Waals surface area contributed by atoms with Crippen LogP contribution in [0.25, 0.3) is 11.4 Å². The Morgan fingerprint density at radius 1 is 1.20 bits per heavy atom. The number of anilines is 1. The van der Waals surface area contributed by atoms with Gasteiger partial charge in [0, 0.05) is 22.8 Å². The predicted octanol–water partition coefficient (Wildman–Crippen LogP) is 5.45. The van der Waals surface area contributed by atoms with Gasteiger partial charge in [0.15, 0.2) is 11.0 Å². The van der Waals surface area contributed by atoms with Gasteiger partial charge in [-0.2, -0.15) is 0 Å². The molecule has 1 N–H and O–H groups in total. The standard InChI is InChI=1S/C22H25ClN4O2S/c1-4-5-13-27-21(16-9-11-17(29-3)12-10-16)25-26-22(27)30-14-20(28)24-19-8-6-7-18(23)15(19)2/h6-12H,4-5,13-14H2,1-3H3,(H,24,28). The Balaban J connectivity index is 1.73. The maximum Gasteiger partial charge on any atom is 0.234 e. The van der Waals surface area contributed by atoms with Crippen molar-refractivity contribution >= 4 is 35.0 Å². The molecule has 158 valence electrons. The summed E-state index contributed by atoms with van der Waals surface area (Å²) in [5.74, 6) is 1.71. The summed E-state index contributed by atoms with van der Waals surface area (Å²) in [6.45, 7) is 4.82. The van der Waals surface area contributed by atoms with E-state index in [1.165, 1.54) is 11.8 Å². The van der Waals surface area contributed by atoms with Gasteiger partial charge in [0.1, 0.15) is 5.75 Å². The molecule has 0 saturated carbocycles. The van der Waals surface area contributed by atoms with Crippen molar-refractivity contribution in [3.63, 3.8) is 0 Å². The lowest BCUT2D eigenvalue weighted by Gasteiger charge is -2.11. The summed E-state index contributed by atoms with van der Waals surface area (Å²) in [6, 6.07) is 13.2. The number of rotatable bonds is 9. The molecule has 0 fully saturated rings. The number of nitrogens with one attached hydrogen (secondary N) is 1. The van der Waals surface area contributed by atoms with Crippen LogP contribution in [0, 0.1) is 6.92 Å². The van der Waals surface area contributed by atoms with E-state index < -0.39 is 0 Å². The third-order valence-electron chi connectivity index (χ3n) is 4.67. The van der Waals surface area contributed by atoms with E-state index in [1.54, 1.807) is 13.2 Å². The van der Waals surface area contributed by atoms with Gasteiger partial charge in [-0.05, 0) is 55.3 Å². The first-order valence-corrected chi connectivity index (χ1v) is 11.1. The summed E-state index contributed by atoms with van der Waals surface area (Å²) in [6.07, 6.45) is 2.06. The van der Waals surface area contributed by atoms with Crippen molar-refractivity contribution in [2.24, 2.45) is 0 Å². The molecule has 0 aliphatic carbocycles. The summed E-state index contributed by atoms with van der Waals surface area (Å²) in [5, 5.41) is 13.0. The van der Waals surface area contributed by atoms with Crippen LogP contribution in [0.2, 0.25) is 5.02 Å². The maximum atomic E-state index is 12.5. The predicted molar refractivity (Wildman–Crippen MR) is 122 cm³/mol. The number of carbonyl (C=O) groups is 1. The normalized spacial score (nSPS) is 10.8. The molecule has 1 amide bonds. The first-order chi connectivity index (χ1) is 14.5. The fourth-order valence-electron chi connectivity index (χ4n) is 2.93. The van der Waals surface area contributed by atoms with Crippen molar-refractivity contribution < 1.29 is 9.53 Å². The topological polar surface area (TPSA) is 69.0 Å². The van der Waals surface area contributed by atoms with Gasteiger partial charge < -0.3 is 14.6 Å². The molecule has 3 rings (SSSR count). The average molecular weight is 445 g/mol. The monoisotopic (exact) mass is 444 g/mol. The van der Waals surface area contributed by atoms with E-state index in [-0.39, 0.29) is 11.7 Å². The number of amides is 1. The molecule has 0 unspecified atom stereocenters. The Hall–Kier alpha value is -2.51. The number of thioether (sulfide) groups is 1. The number of methoxy groups -OCH3 is 1. The molecular formula is C22H25ClN4O2S. The van der Waals surface area contributed by atoms with E-state index in [1.807, 2.05) is 43.3 Å². The number of benzene rings is 2. The first kappa shape index (κ1) is 22.2. The van der Waals surface area contributed by atoms with Crippen LogP contribution in [0.3, 0.4) is 0 Å². The number of unbranched alkanes of at least 4 members (excludes halogenated alkanes) is 1. The molecule has 6 nitrogen and oxygen atoms in total. The van der Waals surface area contributed by atoms with E-state index >= 15 is 0 Å². The first-order valence-electron chi connectivity index (χ1n) is 9.78. The van der Waals surface area contributed by atoms with Crippen LogP contribution < -0.4 is 10.1 Å². The molecule has 0 spiro atoms. The lowest BCUT2D eigenvalue weighted by molar-refractivity contribution is -0.113. The quantitative estimate of drug-likeness (QED) is 0.444. The van der Waals surface area contributed by atoms with Crippen molar-refractivity contribution in [1.82, 2.24) is 14.8 Å². The van der Waals surface area contributed by atoms with Crippen LogP contribution in [-0.2, 0) is 11.3 Å². The van der Waals surface area contributed by atoms with Crippen molar-refractivity contribution in [2.45, 2.75) is 38.4 Å². The Labute approximate surface area is 186 Å². The fraction of sp³-hybridized carbons (Fsp3) is 0.318. The second-order valence-corrected chi connectivity index (χ2v) is 8.14. The summed E-state index contributed by atoms with van der Waals surface area (Å²) in [7, 11) is 1.64. The minimum absolute atomic E-state index is 0.110.